The second kappa shape index (κ2) is 5.38. The maximum absolute atomic E-state index is 13.2. The molecule has 8 heteroatoms. The molecule has 2 heterocycles. The van der Waals surface area contributed by atoms with Gasteiger partial charge in [-0.05, 0) is 19.1 Å². The van der Waals surface area contributed by atoms with Crippen molar-refractivity contribution in [3.05, 3.63) is 48.7 Å². The quantitative estimate of drug-likeness (QED) is 0.801. The van der Waals surface area contributed by atoms with Gasteiger partial charge in [0.2, 0.25) is 5.16 Å². The molecule has 0 atom stereocenters. The average molecular weight is 320 g/mol. The number of rotatable bonds is 4. The van der Waals surface area contributed by atoms with Gasteiger partial charge in [0.05, 0.1) is 17.4 Å². The molecule has 1 aromatic carbocycles. The summed E-state index contributed by atoms with van der Waals surface area (Å²) in [5.74, 6) is -0.478. The number of pyridine rings is 1. The third-order valence-electron chi connectivity index (χ3n) is 3.18. The molecule has 0 spiro atoms. The van der Waals surface area contributed by atoms with Crippen molar-refractivity contribution < 1.29 is 12.8 Å². The van der Waals surface area contributed by atoms with E-state index in [0.29, 0.717) is 17.4 Å². The Labute approximate surface area is 126 Å². The molecule has 3 aromatic rings. The predicted octanol–water partition coefficient (Wildman–Crippen LogP) is 2.39. The molecule has 0 aliphatic rings. The highest BCUT2D eigenvalue weighted by atomic mass is 32.2. The first kappa shape index (κ1) is 14.5. The summed E-state index contributed by atoms with van der Waals surface area (Å²) < 4.78 is 42.1. The number of fused-ring (bicyclic) bond motifs is 1. The summed E-state index contributed by atoms with van der Waals surface area (Å²) in [6.45, 7) is 2.30. The highest BCUT2D eigenvalue weighted by Gasteiger charge is 2.21. The van der Waals surface area contributed by atoms with Crippen LogP contribution in [0.15, 0.2) is 48.0 Å². The first-order valence-electron chi connectivity index (χ1n) is 6.59. The molecule has 0 aliphatic heterocycles. The number of benzene rings is 1. The van der Waals surface area contributed by atoms with Gasteiger partial charge in [-0.25, -0.2) is 9.37 Å². The molecule has 1 N–H and O–H groups in total. The number of aryl methyl sites for hydroxylation is 1. The Bertz CT molecular complexity index is 937. The number of sulfonamides is 1. The zero-order valence-electron chi connectivity index (χ0n) is 11.7. The number of hydrogen-bond acceptors (Lipinski definition) is 4. The molecule has 0 bridgehead atoms. The van der Waals surface area contributed by atoms with Crippen LogP contribution < -0.4 is 4.72 Å². The highest BCUT2D eigenvalue weighted by Crippen LogP contribution is 2.24. The van der Waals surface area contributed by atoms with Crippen LogP contribution in [0, 0.1) is 5.82 Å². The molecule has 22 heavy (non-hydrogen) atoms. The fourth-order valence-electron chi connectivity index (χ4n) is 2.19. The average Bonchev–Trinajstić information content (AvgIpc) is 2.96. The van der Waals surface area contributed by atoms with Crippen molar-refractivity contribution in [2.75, 3.05) is 4.72 Å². The lowest BCUT2D eigenvalue weighted by Gasteiger charge is -2.10. The van der Waals surface area contributed by atoms with Gasteiger partial charge in [0.15, 0.2) is 0 Å². The van der Waals surface area contributed by atoms with E-state index in [1.54, 1.807) is 24.4 Å². The third-order valence-corrected chi connectivity index (χ3v) is 4.49. The van der Waals surface area contributed by atoms with Crippen molar-refractivity contribution in [1.82, 2.24) is 14.5 Å². The summed E-state index contributed by atoms with van der Waals surface area (Å²) in [6, 6.07) is 6.17. The van der Waals surface area contributed by atoms with E-state index in [0.717, 1.165) is 6.20 Å². The number of halogens is 1. The third kappa shape index (κ3) is 2.52. The molecule has 114 valence electrons. The van der Waals surface area contributed by atoms with Gasteiger partial charge in [-0.2, -0.15) is 8.42 Å². The van der Waals surface area contributed by atoms with Crippen LogP contribution in [0.1, 0.15) is 6.92 Å². The summed E-state index contributed by atoms with van der Waals surface area (Å²) in [5.41, 5.74) is 0.658. The van der Waals surface area contributed by atoms with E-state index in [-0.39, 0.29) is 10.8 Å². The molecule has 0 unspecified atom stereocenters. The first-order chi connectivity index (χ1) is 10.5. The Morgan fingerprint density at radius 2 is 2.14 bits per heavy atom. The smallest absolute Gasteiger partial charge is 0.295 e. The van der Waals surface area contributed by atoms with Crippen molar-refractivity contribution in [1.29, 1.82) is 0 Å². The largest absolute Gasteiger partial charge is 0.321 e. The summed E-state index contributed by atoms with van der Waals surface area (Å²) in [4.78, 5) is 7.84. The Balaban J connectivity index is 2.06. The van der Waals surface area contributed by atoms with E-state index < -0.39 is 15.8 Å². The standard InChI is InChI=1S/C14H13FN4O2S/c1-2-19-7-6-16-14(19)22(20,21)18-12-5-3-4-10-8-11(15)9-17-13(10)12/h3-9,18H,2H2,1H3. The lowest BCUT2D eigenvalue weighted by molar-refractivity contribution is 0.574. The zero-order valence-corrected chi connectivity index (χ0v) is 12.5. The van der Waals surface area contributed by atoms with Gasteiger partial charge in [-0.15, -0.1) is 0 Å². The number of aromatic nitrogens is 3. The molecule has 0 fully saturated rings. The van der Waals surface area contributed by atoms with E-state index >= 15 is 0 Å². The fraction of sp³-hybridized carbons (Fsp3) is 0.143. The van der Waals surface area contributed by atoms with Crippen LogP contribution in [0.5, 0.6) is 0 Å². The monoisotopic (exact) mass is 320 g/mol. The number of hydrogen-bond donors (Lipinski definition) is 1. The predicted molar refractivity (Wildman–Crippen MR) is 80.4 cm³/mol. The molecule has 0 amide bonds. The molecule has 0 radical (unpaired) electrons. The molecule has 0 aliphatic carbocycles. The van der Waals surface area contributed by atoms with E-state index in [9.17, 15) is 12.8 Å². The number of imidazole rings is 1. The van der Waals surface area contributed by atoms with E-state index in [4.69, 9.17) is 0 Å². The van der Waals surface area contributed by atoms with Gasteiger partial charge < -0.3 is 4.57 Å². The molecule has 2 aromatic heterocycles. The fourth-order valence-corrected chi connectivity index (χ4v) is 3.43. The molecule has 0 saturated carbocycles. The van der Waals surface area contributed by atoms with E-state index in [1.165, 1.54) is 16.8 Å². The van der Waals surface area contributed by atoms with Crippen molar-refractivity contribution >= 4 is 26.6 Å². The minimum Gasteiger partial charge on any atom is -0.321 e. The maximum atomic E-state index is 13.2. The molecule has 3 rings (SSSR count). The normalized spacial score (nSPS) is 11.7. The minimum atomic E-state index is -3.85. The molecular weight excluding hydrogens is 307 g/mol. The van der Waals surface area contributed by atoms with Gasteiger partial charge in [-0.1, -0.05) is 12.1 Å². The SMILES string of the molecule is CCn1ccnc1S(=O)(=O)Nc1cccc2cc(F)cnc12. The number of para-hydroxylation sites is 1. The minimum absolute atomic E-state index is 0.0749. The maximum Gasteiger partial charge on any atom is 0.295 e. The summed E-state index contributed by atoms with van der Waals surface area (Å²) in [5, 5.41) is 0.438. The molecular formula is C14H13FN4O2S. The van der Waals surface area contributed by atoms with Crippen molar-refractivity contribution in [3.8, 4) is 0 Å². The van der Waals surface area contributed by atoms with Crippen LogP contribution >= 0.6 is 0 Å². The second-order valence-electron chi connectivity index (χ2n) is 4.63. The number of nitrogens with zero attached hydrogens (tertiary/aromatic N) is 3. The Morgan fingerprint density at radius 1 is 1.32 bits per heavy atom. The van der Waals surface area contributed by atoms with Gasteiger partial charge >= 0.3 is 0 Å². The van der Waals surface area contributed by atoms with Crippen LogP contribution in [0.25, 0.3) is 10.9 Å². The Hall–Kier alpha value is -2.48. The van der Waals surface area contributed by atoms with E-state index in [1.807, 2.05) is 6.92 Å². The zero-order chi connectivity index (χ0) is 15.7. The molecule has 0 saturated heterocycles. The van der Waals surface area contributed by atoms with Gasteiger partial charge in [0, 0.05) is 24.3 Å². The molecule has 6 nitrogen and oxygen atoms in total. The van der Waals surface area contributed by atoms with E-state index in [2.05, 4.69) is 14.7 Å². The van der Waals surface area contributed by atoms with Gasteiger partial charge in [-0.3, -0.25) is 9.71 Å². The van der Waals surface area contributed by atoms with Gasteiger partial charge in [0.25, 0.3) is 10.0 Å². The van der Waals surface area contributed by atoms with Crippen LogP contribution in [-0.4, -0.2) is 23.0 Å². The van der Waals surface area contributed by atoms with Crippen molar-refractivity contribution in [2.45, 2.75) is 18.6 Å². The van der Waals surface area contributed by atoms with Gasteiger partial charge in [0.1, 0.15) is 5.82 Å². The Morgan fingerprint density at radius 3 is 2.91 bits per heavy atom. The van der Waals surface area contributed by atoms with Crippen LogP contribution in [0.2, 0.25) is 0 Å². The van der Waals surface area contributed by atoms with Crippen LogP contribution in [-0.2, 0) is 16.6 Å². The highest BCUT2D eigenvalue weighted by molar-refractivity contribution is 7.92. The summed E-state index contributed by atoms with van der Waals surface area (Å²) in [7, 11) is -3.85. The number of nitrogens with one attached hydrogen (secondary N) is 1. The second-order valence-corrected chi connectivity index (χ2v) is 6.21. The lowest BCUT2D eigenvalue weighted by Crippen LogP contribution is -2.18. The lowest BCUT2D eigenvalue weighted by atomic mass is 10.2. The van der Waals surface area contributed by atoms with Crippen LogP contribution in [0.4, 0.5) is 10.1 Å². The van der Waals surface area contributed by atoms with Crippen molar-refractivity contribution in [2.24, 2.45) is 0 Å². The first-order valence-corrected chi connectivity index (χ1v) is 8.08. The summed E-state index contributed by atoms with van der Waals surface area (Å²) in [6.07, 6.45) is 4.06. The topological polar surface area (TPSA) is 76.9 Å². The Kier molecular flexibility index (Phi) is 3.53. The number of anilines is 1. The van der Waals surface area contributed by atoms with Crippen LogP contribution in [0.3, 0.4) is 0 Å². The van der Waals surface area contributed by atoms with Crippen molar-refractivity contribution in [3.63, 3.8) is 0 Å². The summed E-state index contributed by atoms with van der Waals surface area (Å²) >= 11 is 0.